The van der Waals surface area contributed by atoms with E-state index in [0.29, 0.717) is 42.5 Å². The fourth-order valence-electron chi connectivity index (χ4n) is 3.67. The number of nitrogens with zero attached hydrogens (tertiary/aromatic N) is 5. The van der Waals surface area contributed by atoms with E-state index in [1.807, 2.05) is 4.90 Å². The highest BCUT2D eigenvalue weighted by Gasteiger charge is 2.29. The van der Waals surface area contributed by atoms with Gasteiger partial charge in [0, 0.05) is 43.3 Å². The fraction of sp³-hybridized carbons (Fsp3) is 0.318. The lowest BCUT2D eigenvalue weighted by Gasteiger charge is -2.37. The molecule has 2 heterocycles. The van der Waals surface area contributed by atoms with Crippen molar-refractivity contribution >= 4 is 28.9 Å². The van der Waals surface area contributed by atoms with Crippen LogP contribution in [-0.2, 0) is 0 Å². The van der Waals surface area contributed by atoms with Crippen LogP contribution in [0, 0.1) is 0 Å². The van der Waals surface area contributed by atoms with Crippen LogP contribution in [0.5, 0.6) is 0 Å². The van der Waals surface area contributed by atoms with E-state index in [0.717, 1.165) is 11.4 Å². The molecule has 0 radical (unpaired) electrons. The molecule has 1 N–H and O–H groups in total. The van der Waals surface area contributed by atoms with Gasteiger partial charge in [-0.2, -0.15) is 18.3 Å². The number of alkyl halides is 3. The molecule has 0 aliphatic carbocycles. The summed E-state index contributed by atoms with van der Waals surface area (Å²) in [6.45, 7) is 2.06. The average Bonchev–Trinajstić information content (AvgIpc) is 3.34. The van der Waals surface area contributed by atoms with Crippen molar-refractivity contribution in [3.8, 4) is 5.69 Å². The van der Waals surface area contributed by atoms with Crippen LogP contribution in [0.3, 0.4) is 0 Å². The van der Waals surface area contributed by atoms with Gasteiger partial charge in [-0.3, -0.25) is 9.69 Å². The Hall–Kier alpha value is -3.11. The van der Waals surface area contributed by atoms with Crippen LogP contribution in [0.4, 0.5) is 24.5 Å². The van der Waals surface area contributed by atoms with Crippen LogP contribution < -0.4 is 10.2 Å². The highest BCUT2D eigenvalue weighted by atomic mass is 35.5. The molecule has 0 spiro atoms. The van der Waals surface area contributed by atoms with E-state index >= 15 is 0 Å². The molecule has 0 saturated carbocycles. The van der Waals surface area contributed by atoms with Crippen LogP contribution in [-0.4, -0.2) is 64.5 Å². The van der Waals surface area contributed by atoms with Crippen molar-refractivity contribution in [1.29, 1.82) is 0 Å². The van der Waals surface area contributed by atoms with E-state index in [1.165, 1.54) is 6.33 Å². The number of amides is 1. The van der Waals surface area contributed by atoms with Crippen molar-refractivity contribution in [1.82, 2.24) is 19.7 Å². The third-order valence-corrected chi connectivity index (χ3v) is 5.68. The van der Waals surface area contributed by atoms with Crippen LogP contribution in [0.1, 0.15) is 16.8 Å². The predicted octanol–water partition coefficient (Wildman–Crippen LogP) is 4.25. The van der Waals surface area contributed by atoms with Crippen molar-refractivity contribution in [2.24, 2.45) is 0 Å². The first-order valence-electron chi connectivity index (χ1n) is 10.4. The van der Waals surface area contributed by atoms with Gasteiger partial charge >= 0.3 is 6.18 Å². The highest BCUT2D eigenvalue weighted by Crippen LogP contribution is 2.31. The fourth-order valence-corrected chi connectivity index (χ4v) is 3.84. The smallest absolute Gasteiger partial charge is 0.367 e. The lowest BCUT2D eigenvalue weighted by atomic mass is 10.1. The Morgan fingerprint density at radius 1 is 1.06 bits per heavy atom. The summed E-state index contributed by atoms with van der Waals surface area (Å²) in [5.41, 5.74) is 2.58. The highest BCUT2D eigenvalue weighted by molar-refractivity contribution is 6.31. The number of anilines is 2. The summed E-state index contributed by atoms with van der Waals surface area (Å²) >= 11 is 6.20. The Kier molecular flexibility index (Phi) is 6.85. The maximum Gasteiger partial charge on any atom is 0.390 e. The summed E-state index contributed by atoms with van der Waals surface area (Å²) in [6.07, 6.45) is -1.98. The van der Waals surface area contributed by atoms with E-state index in [1.54, 1.807) is 58.4 Å². The zero-order chi connectivity index (χ0) is 23.4. The SMILES string of the molecule is O=C(Nc1ccc(Cl)cc1N1CCN(CCC(F)(F)F)CC1)c1ccc(-n2cncn2)cc1. The second kappa shape index (κ2) is 9.80. The minimum Gasteiger partial charge on any atom is -0.367 e. The number of carbonyl (C=O) groups is 1. The molecule has 1 saturated heterocycles. The van der Waals surface area contributed by atoms with Gasteiger partial charge in [0.1, 0.15) is 12.7 Å². The molecular formula is C22H22ClF3N6O. The maximum atomic E-state index is 12.9. The summed E-state index contributed by atoms with van der Waals surface area (Å²) in [5, 5.41) is 7.50. The Balaban J connectivity index is 1.42. The molecule has 1 aliphatic rings. The van der Waals surface area contributed by atoms with E-state index in [4.69, 9.17) is 11.6 Å². The van der Waals surface area contributed by atoms with Gasteiger partial charge in [0.25, 0.3) is 5.91 Å². The number of piperazine rings is 1. The van der Waals surface area contributed by atoms with Crippen LogP contribution in [0.25, 0.3) is 5.69 Å². The van der Waals surface area contributed by atoms with Crippen molar-refractivity contribution < 1.29 is 18.0 Å². The first kappa shape index (κ1) is 23.1. The van der Waals surface area contributed by atoms with E-state index in [2.05, 4.69) is 15.4 Å². The zero-order valence-corrected chi connectivity index (χ0v) is 18.4. The largest absolute Gasteiger partial charge is 0.390 e. The molecule has 11 heteroatoms. The van der Waals surface area contributed by atoms with Gasteiger partial charge < -0.3 is 10.2 Å². The second-order valence-corrected chi connectivity index (χ2v) is 8.13. The van der Waals surface area contributed by atoms with Crippen LogP contribution in [0.15, 0.2) is 55.1 Å². The minimum atomic E-state index is -4.16. The van der Waals surface area contributed by atoms with Gasteiger partial charge in [-0.25, -0.2) is 9.67 Å². The number of rotatable bonds is 6. The molecule has 3 aromatic rings. The van der Waals surface area contributed by atoms with Gasteiger partial charge in [-0.1, -0.05) is 11.6 Å². The van der Waals surface area contributed by atoms with E-state index < -0.39 is 12.6 Å². The normalized spacial score (nSPS) is 15.0. The molecular weight excluding hydrogens is 457 g/mol. The lowest BCUT2D eigenvalue weighted by Crippen LogP contribution is -2.47. The molecule has 1 aromatic heterocycles. The third-order valence-electron chi connectivity index (χ3n) is 5.45. The van der Waals surface area contributed by atoms with Gasteiger partial charge in [-0.05, 0) is 42.5 Å². The predicted molar refractivity (Wildman–Crippen MR) is 120 cm³/mol. The maximum absolute atomic E-state index is 12.9. The molecule has 1 aliphatic heterocycles. The molecule has 1 amide bonds. The molecule has 1 fully saturated rings. The second-order valence-electron chi connectivity index (χ2n) is 7.70. The Morgan fingerprint density at radius 2 is 1.79 bits per heavy atom. The quantitative estimate of drug-likeness (QED) is 0.574. The molecule has 0 unspecified atom stereocenters. The Bertz CT molecular complexity index is 1080. The number of benzene rings is 2. The first-order valence-corrected chi connectivity index (χ1v) is 10.8. The third kappa shape index (κ3) is 6.02. The van der Waals surface area contributed by atoms with Crippen LogP contribution in [0.2, 0.25) is 5.02 Å². The standard InChI is InChI=1S/C22H22ClF3N6O/c23-17-3-6-19(20(13-17)31-11-9-30(10-12-31)8-7-22(24,25)26)29-21(33)16-1-4-18(5-2-16)32-15-27-14-28-32/h1-6,13-15H,7-12H2,(H,29,33). The van der Waals surface area contributed by atoms with Gasteiger partial charge in [0.2, 0.25) is 0 Å². The van der Waals surface area contributed by atoms with Crippen molar-refractivity contribution in [3.63, 3.8) is 0 Å². The summed E-state index contributed by atoms with van der Waals surface area (Å²) in [4.78, 5) is 20.6. The Labute approximate surface area is 193 Å². The van der Waals surface area contributed by atoms with Crippen molar-refractivity contribution in [3.05, 3.63) is 65.7 Å². The molecule has 174 valence electrons. The zero-order valence-electron chi connectivity index (χ0n) is 17.6. The number of carbonyl (C=O) groups excluding carboxylic acids is 1. The molecule has 0 bridgehead atoms. The number of hydrogen-bond acceptors (Lipinski definition) is 5. The van der Waals surface area contributed by atoms with Crippen LogP contribution >= 0.6 is 11.6 Å². The summed E-state index contributed by atoms with van der Waals surface area (Å²) < 4.78 is 39.1. The molecule has 2 aromatic carbocycles. The summed E-state index contributed by atoms with van der Waals surface area (Å²) in [6, 6.07) is 12.1. The number of halogens is 4. The molecule has 33 heavy (non-hydrogen) atoms. The molecule has 7 nitrogen and oxygen atoms in total. The van der Waals surface area contributed by atoms with Crippen molar-refractivity contribution in [2.45, 2.75) is 12.6 Å². The number of nitrogens with one attached hydrogen (secondary N) is 1. The topological polar surface area (TPSA) is 66.3 Å². The van der Waals surface area contributed by atoms with Gasteiger partial charge in [0.15, 0.2) is 0 Å². The first-order chi connectivity index (χ1) is 15.8. The lowest BCUT2D eigenvalue weighted by molar-refractivity contribution is -0.138. The molecule has 0 atom stereocenters. The summed E-state index contributed by atoms with van der Waals surface area (Å²) in [7, 11) is 0. The molecule has 4 rings (SSSR count). The van der Waals surface area contributed by atoms with Gasteiger partial charge in [-0.15, -0.1) is 0 Å². The Morgan fingerprint density at radius 3 is 2.42 bits per heavy atom. The van der Waals surface area contributed by atoms with E-state index in [-0.39, 0.29) is 12.5 Å². The monoisotopic (exact) mass is 478 g/mol. The number of aromatic nitrogens is 3. The number of hydrogen-bond donors (Lipinski definition) is 1. The van der Waals surface area contributed by atoms with Crippen molar-refractivity contribution in [2.75, 3.05) is 42.9 Å². The minimum absolute atomic E-state index is 0.0128. The summed E-state index contributed by atoms with van der Waals surface area (Å²) in [5.74, 6) is -0.285. The average molecular weight is 479 g/mol. The van der Waals surface area contributed by atoms with Gasteiger partial charge in [0.05, 0.1) is 23.5 Å². The van der Waals surface area contributed by atoms with E-state index in [9.17, 15) is 18.0 Å².